The predicted molar refractivity (Wildman–Crippen MR) is 36.7 cm³/mol. The van der Waals surface area contributed by atoms with Crippen molar-refractivity contribution in [2.45, 2.75) is 31.9 Å². The molecule has 0 aliphatic heterocycles. The van der Waals surface area contributed by atoms with Crippen LogP contribution < -0.4 is 5.48 Å². The van der Waals surface area contributed by atoms with Gasteiger partial charge in [-0.15, -0.1) is 0 Å². The lowest BCUT2D eigenvalue weighted by molar-refractivity contribution is 0.0486. The van der Waals surface area contributed by atoms with Crippen LogP contribution in [-0.4, -0.2) is 34.2 Å². The summed E-state index contributed by atoms with van der Waals surface area (Å²) >= 11 is 0. The Kier molecular flexibility index (Phi) is 5.52. The van der Waals surface area contributed by atoms with Gasteiger partial charge in [-0.25, -0.2) is 5.48 Å². The highest BCUT2D eigenvalue weighted by molar-refractivity contribution is 4.64. The highest BCUT2D eigenvalue weighted by Crippen LogP contribution is 2.00. The van der Waals surface area contributed by atoms with E-state index in [1.54, 1.807) is 0 Å². The third-order valence-electron chi connectivity index (χ3n) is 1.44. The van der Waals surface area contributed by atoms with E-state index in [0.29, 0.717) is 6.42 Å². The second-order valence-electron chi connectivity index (χ2n) is 2.31. The topological polar surface area (TPSA) is 72.7 Å². The van der Waals surface area contributed by atoms with E-state index in [1.165, 1.54) is 0 Å². The molecule has 0 rings (SSSR count). The van der Waals surface area contributed by atoms with Crippen molar-refractivity contribution in [2.24, 2.45) is 0 Å². The smallest absolute Gasteiger partial charge is 0.0786 e. The minimum atomic E-state index is -0.732. The first-order valence-electron chi connectivity index (χ1n) is 3.43. The van der Waals surface area contributed by atoms with E-state index in [9.17, 15) is 0 Å². The number of hydrogen-bond donors (Lipinski definition) is 4. The van der Waals surface area contributed by atoms with Crippen molar-refractivity contribution in [2.75, 3.05) is 6.61 Å². The maximum atomic E-state index is 8.89. The lowest BCUT2D eigenvalue weighted by atomic mass is 10.1. The molecule has 0 aliphatic rings. The van der Waals surface area contributed by atoms with Crippen LogP contribution in [0.4, 0.5) is 0 Å². The zero-order valence-corrected chi connectivity index (χ0v) is 6.12. The fraction of sp³-hybridized carbons (Fsp3) is 1.00. The molecule has 0 bridgehead atoms. The van der Waals surface area contributed by atoms with Crippen LogP contribution in [0.5, 0.6) is 0 Å². The minimum Gasteiger partial charge on any atom is -0.394 e. The average molecular weight is 149 g/mol. The van der Waals surface area contributed by atoms with Crippen LogP contribution in [0.1, 0.15) is 19.8 Å². The normalized spacial score (nSPS) is 16.8. The molecule has 4 nitrogen and oxygen atoms in total. The van der Waals surface area contributed by atoms with Crippen LogP contribution >= 0.6 is 0 Å². The summed E-state index contributed by atoms with van der Waals surface area (Å²) in [5.74, 6) is 0. The fourth-order valence-corrected chi connectivity index (χ4v) is 0.714. The van der Waals surface area contributed by atoms with Crippen LogP contribution in [0.25, 0.3) is 0 Å². The Hall–Kier alpha value is -0.160. The van der Waals surface area contributed by atoms with Gasteiger partial charge in [0.15, 0.2) is 0 Å². The first-order chi connectivity index (χ1) is 4.74. The Morgan fingerprint density at radius 2 is 2.10 bits per heavy atom. The zero-order chi connectivity index (χ0) is 7.98. The van der Waals surface area contributed by atoms with E-state index < -0.39 is 6.10 Å². The number of nitrogens with one attached hydrogen (secondary N) is 1. The molecular formula is C6H15NO3. The van der Waals surface area contributed by atoms with Gasteiger partial charge in [-0.05, 0) is 12.8 Å². The van der Waals surface area contributed by atoms with E-state index in [4.69, 9.17) is 15.4 Å². The highest BCUT2D eigenvalue weighted by atomic mass is 16.5. The predicted octanol–water partition coefficient (Wildman–Crippen LogP) is -0.513. The van der Waals surface area contributed by atoms with Gasteiger partial charge in [0.1, 0.15) is 0 Å². The summed E-state index contributed by atoms with van der Waals surface area (Å²) in [5.41, 5.74) is 2.05. The molecule has 0 amide bonds. The molecule has 0 aromatic carbocycles. The number of hydrogen-bond acceptors (Lipinski definition) is 4. The van der Waals surface area contributed by atoms with E-state index in [2.05, 4.69) is 0 Å². The van der Waals surface area contributed by atoms with Gasteiger partial charge in [0.2, 0.25) is 0 Å². The molecule has 2 atom stereocenters. The molecule has 0 fully saturated rings. The maximum absolute atomic E-state index is 8.89. The van der Waals surface area contributed by atoms with Crippen molar-refractivity contribution in [1.82, 2.24) is 5.48 Å². The Balaban J connectivity index is 3.41. The molecule has 0 aromatic rings. The molecule has 62 valence electrons. The lowest BCUT2D eigenvalue weighted by Crippen LogP contribution is -2.30. The van der Waals surface area contributed by atoms with E-state index in [0.717, 1.165) is 6.42 Å². The molecular weight excluding hydrogens is 134 g/mol. The van der Waals surface area contributed by atoms with Gasteiger partial charge >= 0.3 is 0 Å². The Labute approximate surface area is 60.5 Å². The fourth-order valence-electron chi connectivity index (χ4n) is 0.714. The molecule has 0 aliphatic carbocycles. The minimum absolute atomic E-state index is 0.123. The van der Waals surface area contributed by atoms with Crippen molar-refractivity contribution < 1.29 is 15.4 Å². The Morgan fingerprint density at radius 1 is 1.50 bits per heavy atom. The van der Waals surface area contributed by atoms with Crippen LogP contribution in [0.15, 0.2) is 0 Å². The number of aliphatic hydroxyl groups excluding tert-OH is 2. The first kappa shape index (κ1) is 9.84. The molecule has 2 unspecified atom stereocenters. The average Bonchev–Trinajstić information content (AvgIpc) is 1.99. The molecule has 0 spiro atoms. The van der Waals surface area contributed by atoms with Gasteiger partial charge in [-0.3, -0.25) is 0 Å². The maximum Gasteiger partial charge on any atom is 0.0786 e. The standard InChI is InChI=1S/C6H15NO3/c1-2-5(7-10)3-6(9)4-8/h5-10H,2-4H2,1H3. The van der Waals surface area contributed by atoms with Crippen molar-refractivity contribution >= 4 is 0 Å². The quantitative estimate of drug-likeness (QED) is 0.397. The number of aliphatic hydroxyl groups is 2. The third kappa shape index (κ3) is 3.79. The summed E-state index contributed by atoms with van der Waals surface area (Å²) in [6.45, 7) is 1.64. The molecule has 4 N–H and O–H groups in total. The van der Waals surface area contributed by atoms with Gasteiger partial charge in [0, 0.05) is 6.04 Å². The molecule has 4 heteroatoms. The lowest BCUT2D eigenvalue weighted by Gasteiger charge is -2.14. The summed E-state index contributed by atoms with van der Waals surface area (Å²) in [6, 6.07) is -0.123. The van der Waals surface area contributed by atoms with Gasteiger partial charge in [0.25, 0.3) is 0 Å². The molecule has 0 aromatic heterocycles. The van der Waals surface area contributed by atoms with Crippen molar-refractivity contribution in [3.05, 3.63) is 0 Å². The summed E-state index contributed by atoms with van der Waals surface area (Å²) in [5, 5.41) is 25.7. The van der Waals surface area contributed by atoms with E-state index in [1.807, 2.05) is 12.4 Å². The van der Waals surface area contributed by atoms with Crippen LogP contribution in [0.2, 0.25) is 0 Å². The van der Waals surface area contributed by atoms with Gasteiger partial charge < -0.3 is 15.4 Å². The van der Waals surface area contributed by atoms with Crippen molar-refractivity contribution in [3.63, 3.8) is 0 Å². The number of hydroxylamine groups is 1. The van der Waals surface area contributed by atoms with E-state index >= 15 is 0 Å². The summed E-state index contributed by atoms with van der Waals surface area (Å²) < 4.78 is 0. The first-order valence-corrected chi connectivity index (χ1v) is 3.43. The van der Waals surface area contributed by atoms with Crippen LogP contribution in [-0.2, 0) is 0 Å². The monoisotopic (exact) mass is 149 g/mol. The zero-order valence-electron chi connectivity index (χ0n) is 6.12. The molecule has 0 radical (unpaired) electrons. The van der Waals surface area contributed by atoms with Crippen LogP contribution in [0, 0.1) is 0 Å². The van der Waals surface area contributed by atoms with Gasteiger partial charge in [-0.2, -0.15) is 0 Å². The second kappa shape index (κ2) is 5.61. The summed E-state index contributed by atoms with van der Waals surface area (Å²) in [4.78, 5) is 0. The molecule has 0 heterocycles. The van der Waals surface area contributed by atoms with Crippen molar-refractivity contribution in [3.8, 4) is 0 Å². The second-order valence-corrected chi connectivity index (χ2v) is 2.31. The van der Waals surface area contributed by atoms with Gasteiger partial charge in [0.05, 0.1) is 12.7 Å². The molecule has 0 saturated carbocycles. The highest BCUT2D eigenvalue weighted by Gasteiger charge is 2.09. The Morgan fingerprint density at radius 3 is 2.40 bits per heavy atom. The van der Waals surface area contributed by atoms with E-state index in [-0.39, 0.29) is 12.6 Å². The molecule has 10 heavy (non-hydrogen) atoms. The van der Waals surface area contributed by atoms with Crippen molar-refractivity contribution in [1.29, 1.82) is 0 Å². The Bertz CT molecular complexity index is 75.4. The third-order valence-corrected chi connectivity index (χ3v) is 1.44. The number of rotatable bonds is 5. The summed E-state index contributed by atoms with van der Waals surface area (Å²) in [7, 11) is 0. The van der Waals surface area contributed by atoms with Crippen LogP contribution in [0.3, 0.4) is 0 Å². The summed E-state index contributed by atoms with van der Waals surface area (Å²) in [6.07, 6.45) is 0.376. The SMILES string of the molecule is CCC(CC(O)CO)NO. The molecule has 0 saturated heterocycles. The van der Waals surface area contributed by atoms with Gasteiger partial charge in [-0.1, -0.05) is 6.92 Å². The largest absolute Gasteiger partial charge is 0.394 e.